The van der Waals surface area contributed by atoms with E-state index in [-0.39, 0.29) is 12.5 Å². The third kappa shape index (κ3) is 1.30. The highest BCUT2D eigenvalue weighted by atomic mass is 19.1. The Kier molecular flexibility index (Phi) is 2.26. The van der Waals surface area contributed by atoms with Crippen LogP contribution in [0.5, 0.6) is 0 Å². The molecule has 2 unspecified atom stereocenters. The lowest BCUT2D eigenvalue weighted by atomic mass is 9.85. The lowest BCUT2D eigenvalue weighted by Crippen LogP contribution is -2.48. The molecule has 2 nitrogen and oxygen atoms in total. The highest BCUT2D eigenvalue weighted by Gasteiger charge is 2.37. The Labute approximate surface area is 60.4 Å². The Morgan fingerprint density at radius 1 is 1.80 bits per heavy atom. The zero-order valence-electron chi connectivity index (χ0n) is 6.23. The Morgan fingerprint density at radius 3 is 2.90 bits per heavy atom. The van der Waals surface area contributed by atoms with E-state index >= 15 is 0 Å². The molecule has 0 aromatic heterocycles. The first kappa shape index (κ1) is 7.95. The van der Waals surface area contributed by atoms with Gasteiger partial charge in [-0.15, -0.1) is 0 Å². The number of halogens is 1. The van der Waals surface area contributed by atoms with E-state index < -0.39 is 5.67 Å². The van der Waals surface area contributed by atoms with Gasteiger partial charge in [-0.25, -0.2) is 4.39 Å². The third-order valence-electron chi connectivity index (χ3n) is 2.31. The molecule has 0 spiro atoms. The topological polar surface area (TPSA) is 32.3 Å². The molecule has 0 aliphatic carbocycles. The van der Waals surface area contributed by atoms with Crippen molar-refractivity contribution in [1.82, 2.24) is 5.32 Å². The zero-order chi connectivity index (χ0) is 7.61. The first-order chi connectivity index (χ1) is 4.69. The smallest absolute Gasteiger partial charge is 0.138 e. The fraction of sp³-hybridized carbons (Fsp3) is 1.00. The van der Waals surface area contributed by atoms with Crippen molar-refractivity contribution in [2.75, 3.05) is 19.7 Å². The maximum absolute atomic E-state index is 13.4. The number of alkyl halides is 1. The zero-order valence-corrected chi connectivity index (χ0v) is 6.23. The van der Waals surface area contributed by atoms with Gasteiger partial charge in [0.25, 0.3) is 0 Å². The van der Waals surface area contributed by atoms with Crippen LogP contribution in [-0.2, 0) is 0 Å². The minimum Gasteiger partial charge on any atom is -0.393 e. The van der Waals surface area contributed by atoms with Crippen molar-refractivity contribution in [3.63, 3.8) is 0 Å². The van der Waals surface area contributed by atoms with Crippen LogP contribution in [0.4, 0.5) is 4.39 Å². The van der Waals surface area contributed by atoms with E-state index in [9.17, 15) is 4.39 Å². The van der Waals surface area contributed by atoms with Crippen LogP contribution >= 0.6 is 0 Å². The Morgan fingerprint density at radius 2 is 2.50 bits per heavy atom. The molecule has 2 N–H and O–H groups in total. The number of aliphatic hydroxyl groups excluding tert-OH is 1. The highest BCUT2D eigenvalue weighted by molar-refractivity contribution is 4.89. The maximum Gasteiger partial charge on any atom is 0.138 e. The van der Waals surface area contributed by atoms with E-state index in [4.69, 9.17) is 5.11 Å². The second kappa shape index (κ2) is 2.84. The summed E-state index contributed by atoms with van der Waals surface area (Å²) in [6, 6.07) is 0. The monoisotopic (exact) mass is 147 g/mol. The number of rotatable bonds is 1. The van der Waals surface area contributed by atoms with Gasteiger partial charge in [-0.2, -0.15) is 0 Å². The highest BCUT2D eigenvalue weighted by Crippen LogP contribution is 2.27. The van der Waals surface area contributed by atoms with Crippen LogP contribution < -0.4 is 5.32 Å². The molecule has 0 amide bonds. The summed E-state index contributed by atoms with van der Waals surface area (Å²) in [6.45, 7) is 2.84. The number of nitrogens with one attached hydrogen (secondary N) is 1. The molecule has 1 rings (SSSR count). The van der Waals surface area contributed by atoms with E-state index in [1.54, 1.807) is 0 Å². The second-order valence-corrected chi connectivity index (χ2v) is 3.05. The van der Waals surface area contributed by atoms with Gasteiger partial charge in [0.2, 0.25) is 0 Å². The summed E-state index contributed by atoms with van der Waals surface area (Å²) in [7, 11) is 0. The lowest BCUT2D eigenvalue weighted by molar-refractivity contribution is 0.000515. The van der Waals surface area contributed by atoms with Gasteiger partial charge in [0.15, 0.2) is 0 Å². The Bertz CT molecular complexity index is 120. The van der Waals surface area contributed by atoms with Gasteiger partial charge in [0.1, 0.15) is 5.67 Å². The molecule has 1 aliphatic rings. The van der Waals surface area contributed by atoms with Gasteiger partial charge < -0.3 is 10.4 Å². The van der Waals surface area contributed by atoms with Gasteiger partial charge in [0, 0.05) is 12.5 Å². The first-order valence-corrected chi connectivity index (χ1v) is 3.69. The Balaban J connectivity index is 2.54. The molecular formula is C7H14FNO. The number of piperidine rings is 1. The molecule has 0 aromatic rings. The summed E-state index contributed by atoms with van der Waals surface area (Å²) < 4.78 is 13.4. The summed E-state index contributed by atoms with van der Waals surface area (Å²) in [5, 5.41) is 11.8. The number of hydrogen-bond donors (Lipinski definition) is 2. The normalized spacial score (nSPS) is 41.7. The van der Waals surface area contributed by atoms with Gasteiger partial charge in [-0.1, -0.05) is 6.92 Å². The van der Waals surface area contributed by atoms with Crippen molar-refractivity contribution in [2.24, 2.45) is 5.92 Å². The van der Waals surface area contributed by atoms with Crippen LogP contribution in [0.3, 0.4) is 0 Å². The molecule has 0 bridgehead atoms. The van der Waals surface area contributed by atoms with Gasteiger partial charge >= 0.3 is 0 Å². The summed E-state index contributed by atoms with van der Waals surface area (Å²) >= 11 is 0. The van der Waals surface area contributed by atoms with E-state index in [0.717, 1.165) is 0 Å². The predicted octanol–water partition coefficient (Wildman–Crippen LogP) is 0.316. The standard InChI is InChI=1S/C7H14FNO/c1-6-4-9-3-2-7(6,8)5-10/h6,9-10H,2-5H2,1H3. The van der Waals surface area contributed by atoms with Crippen LogP contribution in [0.15, 0.2) is 0 Å². The van der Waals surface area contributed by atoms with Crippen molar-refractivity contribution in [2.45, 2.75) is 19.0 Å². The van der Waals surface area contributed by atoms with E-state index in [0.29, 0.717) is 19.5 Å². The summed E-state index contributed by atoms with van der Waals surface area (Å²) in [5.41, 5.74) is -1.33. The fourth-order valence-corrected chi connectivity index (χ4v) is 1.28. The summed E-state index contributed by atoms with van der Waals surface area (Å²) in [5.74, 6) is -0.0637. The van der Waals surface area contributed by atoms with Gasteiger partial charge in [0.05, 0.1) is 6.61 Å². The Hall–Kier alpha value is -0.150. The molecule has 0 radical (unpaired) electrons. The van der Waals surface area contributed by atoms with Crippen molar-refractivity contribution >= 4 is 0 Å². The van der Waals surface area contributed by atoms with Crippen LogP contribution in [0, 0.1) is 5.92 Å². The van der Waals surface area contributed by atoms with E-state index in [1.165, 1.54) is 0 Å². The molecule has 3 heteroatoms. The molecule has 1 fully saturated rings. The lowest BCUT2D eigenvalue weighted by Gasteiger charge is -2.34. The minimum atomic E-state index is -1.33. The molecule has 1 aliphatic heterocycles. The van der Waals surface area contributed by atoms with E-state index in [2.05, 4.69) is 5.32 Å². The van der Waals surface area contributed by atoms with Crippen molar-refractivity contribution in [1.29, 1.82) is 0 Å². The van der Waals surface area contributed by atoms with Crippen molar-refractivity contribution in [3.8, 4) is 0 Å². The molecular weight excluding hydrogens is 133 g/mol. The average Bonchev–Trinajstić information content (AvgIpc) is 1.96. The van der Waals surface area contributed by atoms with Crippen molar-refractivity contribution in [3.05, 3.63) is 0 Å². The molecule has 0 aromatic carbocycles. The summed E-state index contributed by atoms with van der Waals surface area (Å²) in [4.78, 5) is 0. The quantitative estimate of drug-likeness (QED) is 0.559. The van der Waals surface area contributed by atoms with Crippen LogP contribution in [0.2, 0.25) is 0 Å². The number of hydrogen-bond acceptors (Lipinski definition) is 2. The largest absolute Gasteiger partial charge is 0.393 e. The van der Waals surface area contributed by atoms with Crippen molar-refractivity contribution < 1.29 is 9.50 Å². The first-order valence-electron chi connectivity index (χ1n) is 3.69. The maximum atomic E-state index is 13.4. The average molecular weight is 147 g/mol. The molecule has 60 valence electrons. The predicted molar refractivity (Wildman–Crippen MR) is 37.6 cm³/mol. The van der Waals surface area contributed by atoms with E-state index in [1.807, 2.05) is 6.92 Å². The number of aliphatic hydroxyl groups is 1. The molecule has 1 saturated heterocycles. The molecule has 2 atom stereocenters. The summed E-state index contributed by atoms with van der Waals surface area (Å²) in [6.07, 6.45) is 0.435. The molecule has 10 heavy (non-hydrogen) atoms. The third-order valence-corrected chi connectivity index (χ3v) is 2.31. The SMILES string of the molecule is CC1CNCCC1(F)CO. The molecule has 0 saturated carbocycles. The fourth-order valence-electron chi connectivity index (χ4n) is 1.28. The minimum absolute atomic E-state index is 0.0637. The van der Waals surface area contributed by atoms with Crippen LogP contribution in [0.25, 0.3) is 0 Å². The van der Waals surface area contributed by atoms with Gasteiger partial charge in [-0.05, 0) is 13.0 Å². The molecule has 1 heterocycles. The van der Waals surface area contributed by atoms with Gasteiger partial charge in [-0.3, -0.25) is 0 Å². The van der Waals surface area contributed by atoms with Crippen LogP contribution in [-0.4, -0.2) is 30.5 Å². The van der Waals surface area contributed by atoms with Crippen LogP contribution in [0.1, 0.15) is 13.3 Å². The second-order valence-electron chi connectivity index (χ2n) is 3.05.